The fourth-order valence-corrected chi connectivity index (χ4v) is 3.32. The molecule has 0 aliphatic heterocycles. The summed E-state index contributed by atoms with van der Waals surface area (Å²) in [6.45, 7) is 4.14. The van der Waals surface area contributed by atoms with E-state index in [0.717, 1.165) is 26.5 Å². The Morgan fingerprint density at radius 2 is 1.79 bits per heavy atom. The second kappa shape index (κ2) is 4.87. The number of hydrogen-bond donors (Lipinski definition) is 0. The van der Waals surface area contributed by atoms with Crippen molar-refractivity contribution in [2.45, 2.75) is 13.8 Å². The second-order valence-corrected chi connectivity index (χ2v) is 5.89. The summed E-state index contributed by atoms with van der Waals surface area (Å²) in [5.74, 6) is 0.869. The second-order valence-electron chi connectivity index (χ2n) is 4.50. The number of halogens is 1. The number of aryl methyl sites for hydroxylation is 1. The van der Waals surface area contributed by atoms with Crippen LogP contribution in [0.25, 0.3) is 10.1 Å². The summed E-state index contributed by atoms with van der Waals surface area (Å²) in [6, 6.07) is 14.1. The van der Waals surface area contributed by atoms with E-state index >= 15 is 0 Å². The fourth-order valence-electron chi connectivity index (χ4n) is 1.99. The zero-order valence-corrected chi connectivity index (χ0v) is 12.3. The first-order chi connectivity index (χ1) is 9.16. The molecule has 0 amide bonds. The molecular weight excluding hydrogens is 276 g/mol. The highest BCUT2D eigenvalue weighted by atomic mass is 35.5. The molecule has 3 aromatic rings. The molecule has 0 bridgehead atoms. The van der Waals surface area contributed by atoms with Crippen molar-refractivity contribution >= 4 is 33.0 Å². The lowest BCUT2D eigenvalue weighted by Crippen LogP contribution is -1.88. The molecule has 96 valence electrons. The van der Waals surface area contributed by atoms with Crippen LogP contribution in [0.15, 0.2) is 42.5 Å². The molecule has 3 rings (SSSR count). The lowest BCUT2D eigenvalue weighted by molar-refractivity contribution is 0.492. The van der Waals surface area contributed by atoms with Crippen LogP contribution in [0.3, 0.4) is 0 Å². The Morgan fingerprint density at radius 3 is 2.58 bits per heavy atom. The van der Waals surface area contributed by atoms with Crippen molar-refractivity contribution in [1.82, 2.24) is 0 Å². The van der Waals surface area contributed by atoms with Crippen LogP contribution in [-0.4, -0.2) is 0 Å². The van der Waals surface area contributed by atoms with E-state index in [1.807, 2.05) is 30.3 Å². The van der Waals surface area contributed by atoms with Gasteiger partial charge in [0.1, 0.15) is 10.8 Å². The number of rotatable bonds is 2. The normalized spacial score (nSPS) is 10.9. The maximum atomic E-state index is 6.38. The van der Waals surface area contributed by atoms with Crippen LogP contribution in [-0.2, 0) is 0 Å². The molecule has 2 aromatic carbocycles. The highest BCUT2D eigenvalue weighted by Gasteiger charge is 2.13. The molecule has 19 heavy (non-hydrogen) atoms. The van der Waals surface area contributed by atoms with Crippen molar-refractivity contribution < 1.29 is 4.74 Å². The maximum Gasteiger partial charge on any atom is 0.200 e. The van der Waals surface area contributed by atoms with Gasteiger partial charge in [-0.25, -0.2) is 0 Å². The number of hydrogen-bond acceptors (Lipinski definition) is 2. The topological polar surface area (TPSA) is 9.23 Å². The monoisotopic (exact) mass is 288 g/mol. The third-order valence-electron chi connectivity index (χ3n) is 3.26. The van der Waals surface area contributed by atoms with Gasteiger partial charge >= 0.3 is 0 Å². The molecule has 3 heteroatoms. The minimum atomic E-state index is 0.696. The van der Waals surface area contributed by atoms with Crippen LogP contribution in [0.5, 0.6) is 10.8 Å². The minimum Gasteiger partial charge on any atom is -0.445 e. The molecule has 1 nitrogen and oxygen atoms in total. The first kappa shape index (κ1) is 12.5. The summed E-state index contributed by atoms with van der Waals surface area (Å²) < 4.78 is 7.14. The largest absolute Gasteiger partial charge is 0.445 e. The molecule has 0 saturated heterocycles. The van der Waals surface area contributed by atoms with Gasteiger partial charge in [0.05, 0.1) is 0 Å². The van der Waals surface area contributed by atoms with Gasteiger partial charge in [-0.05, 0) is 37.1 Å². The lowest BCUT2D eigenvalue weighted by atomic mass is 10.1. The first-order valence-corrected chi connectivity index (χ1v) is 7.27. The summed E-state index contributed by atoms with van der Waals surface area (Å²) in [4.78, 5) is 0. The molecule has 0 radical (unpaired) electrons. The lowest BCUT2D eigenvalue weighted by Gasteiger charge is -2.08. The van der Waals surface area contributed by atoms with Gasteiger partial charge in [0, 0.05) is 10.1 Å². The number of benzene rings is 2. The van der Waals surface area contributed by atoms with Gasteiger partial charge in [0.25, 0.3) is 0 Å². The Morgan fingerprint density at radius 1 is 1.00 bits per heavy atom. The predicted molar refractivity (Wildman–Crippen MR) is 82.8 cm³/mol. The van der Waals surface area contributed by atoms with Crippen LogP contribution in [0.1, 0.15) is 11.1 Å². The van der Waals surface area contributed by atoms with Gasteiger partial charge in [-0.3, -0.25) is 0 Å². The Balaban J connectivity index is 2.06. The number of ether oxygens (including phenoxy) is 1. The van der Waals surface area contributed by atoms with Crippen molar-refractivity contribution in [2.75, 3.05) is 0 Å². The van der Waals surface area contributed by atoms with Crippen LogP contribution in [0.4, 0.5) is 0 Å². The Kier molecular flexibility index (Phi) is 3.21. The van der Waals surface area contributed by atoms with Gasteiger partial charge in [0.15, 0.2) is 0 Å². The molecule has 0 aliphatic rings. The maximum absolute atomic E-state index is 6.38. The van der Waals surface area contributed by atoms with E-state index in [2.05, 4.69) is 26.0 Å². The Labute approximate surface area is 121 Å². The molecule has 1 aromatic heterocycles. The average Bonchev–Trinajstić information content (AvgIpc) is 2.73. The van der Waals surface area contributed by atoms with E-state index < -0.39 is 0 Å². The summed E-state index contributed by atoms with van der Waals surface area (Å²) in [5.41, 5.74) is 2.37. The standard InChI is InChI=1S/C16H13ClOS/c1-10-6-5-8-13(11(10)2)18-16-15(17)12-7-3-4-9-14(12)19-16/h3-9H,1-2H3. The third kappa shape index (κ3) is 2.22. The average molecular weight is 289 g/mol. The molecular formula is C16H13ClOS. The van der Waals surface area contributed by atoms with E-state index in [0.29, 0.717) is 5.02 Å². The van der Waals surface area contributed by atoms with Crippen molar-refractivity contribution in [3.8, 4) is 10.8 Å². The summed E-state index contributed by atoms with van der Waals surface area (Å²) in [7, 11) is 0. The Bertz CT molecular complexity index is 746. The van der Waals surface area contributed by atoms with Crippen molar-refractivity contribution in [3.05, 3.63) is 58.6 Å². The predicted octanol–water partition coefficient (Wildman–Crippen LogP) is 5.96. The molecule has 0 saturated carbocycles. The van der Waals surface area contributed by atoms with Gasteiger partial charge in [-0.2, -0.15) is 0 Å². The highest BCUT2D eigenvalue weighted by molar-refractivity contribution is 7.21. The van der Waals surface area contributed by atoms with Crippen LogP contribution >= 0.6 is 22.9 Å². The smallest absolute Gasteiger partial charge is 0.200 e. The summed E-state index contributed by atoms with van der Waals surface area (Å²) >= 11 is 7.96. The van der Waals surface area contributed by atoms with Gasteiger partial charge in [-0.15, -0.1) is 0 Å². The summed E-state index contributed by atoms with van der Waals surface area (Å²) in [6.07, 6.45) is 0. The summed E-state index contributed by atoms with van der Waals surface area (Å²) in [5, 5.41) is 2.51. The van der Waals surface area contributed by atoms with E-state index in [4.69, 9.17) is 16.3 Å². The molecule has 0 atom stereocenters. The highest BCUT2D eigenvalue weighted by Crippen LogP contribution is 2.43. The van der Waals surface area contributed by atoms with Crippen molar-refractivity contribution in [3.63, 3.8) is 0 Å². The van der Waals surface area contributed by atoms with Crippen molar-refractivity contribution in [2.24, 2.45) is 0 Å². The van der Waals surface area contributed by atoms with E-state index in [1.54, 1.807) is 11.3 Å². The van der Waals surface area contributed by atoms with Crippen LogP contribution in [0.2, 0.25) is 5.02 Å². The molecule has 0 spiro atoms. The Hall–Kier alpha value is -1.51. The quantitative estimate of drug-likeness (QED) is 0.565. The van der Waals surface area contributed by atoms with Crippen LogP contribution < -0.4 is 4.74 Å². The molecule has 0 unspecified atom stereocenters. The molecule has 0 aliphatic carbocycles. The molecule has 0 fully saturated rings. The van der Waals surface area contributed by atoms with Gasteiger partial charge in [0.2, 0.25) is 5.06 Å². The van der Waals surface area contributed by atoms with Crippen molar-refractivity contribution in [1.29, 1.82) is 0 Å². The fraction of sp³-hybridized carbons (Fsp3) is 0.125. The van der Waals surface area contributed by atoms with Gasteiger partial charge in [-0.1, -0.05) is 53.3 Å². The first-order valence-electron chi connectivity index (χ1n) is 6.08. The zero-order valence-electron chi connectivity index (χ0n) is 10.7. The molecule has 1 heterocycles. The van der Waals surface area contributed by atoms with Crippen LogP contribution in [0, 0.1) is 13.8 Å². The zero-order chi connectivity index (χ0) is 13.4. The van der Waals surface area contributed by atoms with E-state index in [9.17, 15) is 0 Å². The SMILES string of the molecule is Cc1cccc(Oc2sc3ccccc3c2Cl)c1C. The minimum absolute atomic E-state index is 0.696. The van der Waals surface area contributed by atoms with E-state index in [1.165, 1.54) is 5.56 Å². The van der Waals surface area contributed by atoms with E-state index in [-0.39, 0.29) is 0 Å². The van der Waals surface area contributed by atoms with Gasteiger partial charge < -0.3 is 4.74 Å². The third-order valence-corrected chi connectivity index (χ3v) is 4.80. The number of fused-ring (bicyclic) bond motifs is 1. The molecule has 0 N–H and O–H groups in total. The number of thiophene rings is 1.